The normalized spacial score (nSPS) is 28.3. The van der Waals surface area contributed by atoms with E-state index >= 15 is 0 Å². The summed E-state index contributed by atoms with van der Waals surface area (Å²) < 4.78 is 36.5. The molecule has 0 amide bonds. The van der Waals surface area contributed by atoms with Crippen molar-refractivity contribution in [1.82, 2.24) is 0 Å². The molecule has 0 radical (unpaired) electrons. The van der Waals surface area contributed by atoms with E-state index in [4.69, 9.17) is 27.8 Å². The third kappa shape index (κ3) is 7.39. The van der Waals surface area contributed by atoms with Gasteiger partial charge in [-0.25, -0.2) is 4.79 Å². The first kappa shape index (κ1) is 33.7. The number of rotatable bonds is 12. The zero-order valence-corrected chi connectivity index (χ0v) is 29.8. The summed E-state index contributed by atoms with van der Waals surface area (Å²) in [5, 5.41) is 1.90. The number of hydrogen-bond donors (Lipinski definition) is 0. The van der Waals surface area contributed by atoms with E-state index in [0.717, 1.165) is 60.3 Å². The zero-order chi connectivity index (χ0) is 34.4. The van der Waals surface area contributed by atoms with E-state index in [2.05, 4.69) is 71.9 Å². The summed E-state index contributed by atoms with van der Waals surface area (Å²) in [5.41, 5.74) is 3.51. The maximum Gasteiger partial charge on any atom is 0.336 e. The average Bonchev–Trinajstić information content (AvgIpc) is 3.31. The van der Waals surface area contributed by atoms with E-state index < -0.39 is 0 Å². The lowest BCUT2D eigenvalue weighted by Crippen LogP contribution is -2.45. The van der Waals surface area contributed by atoms with Gasteiger partial charge in [-0.05, 0) is 120 Å². The van der Waals surface area contributed by atoms with Crippen LogP contribution in [0.1, 0.15) is 80.1 Å². The molecule has 2 aliphatic carbocycles. The summed E-state index contributed by atoms with van der Waals surface area (Å²) in [4.78, 5) is 11.6. The van der Waals surface area contributed by atoms with Gasteiger partial charge in [0.05, 0.1) is 40.8 Å². The van der Waals surface area contributed by atoms with Crippen LogP contribution < -0.4 is 21.0 Å². The quantitative estimate of drug-likeness (QED) is 0.111. The Morgan fingerprint density at radius 3 is 2.45 bits per heavy atom. The van der Waals surface area contributed by atoms with E-state index in [9.17, 15) is 4.79 Å². The summed E-state index contributed by atoms with van der Waals surface area (Å²) in [7, 11) is 0. The minimum atomic E-state index is -0.361. The SMILES string of the molecule is C/C(=C\COc1ccc2ccc(=O)oc2c1)CCC1CC2(C=CC3C(OC/C=C(\C)CCC4OC4(C)C)=c4ccoc4=CC3O2)CC1(C)C. The van der Waals surface area contributed by atoms with E-state index in [1.165, 1.54) is 17.2 Å². The molecule has 1 saturated carbocycles. The van der Waals surface area contributed by atoms with Crippen molar-refractivity contribution in [3.05, 3.63) is 99.2 Å². The van der Waals surface area contributed by atoms with Crippen molar-refractivity contribution in [2.24, 2.45) is 17.3 Å². The molecule has 1 spiro atoms. The van der Waals surface area contributed by atoms with Crippen LogP contribution >= 0.6 is 0 Å². The van der Waals surface area contributed by atoms with Crippen LogP contribution in [0, 0.1) is 17.3 Å². The summed E-state index contributed by atoms with van der Waals surface area (Å²) in [6.45, 7) is 14.4. The van der Waals surface area contributed by atoms with Gasteiger partial charge in [-0.1, -0.05) is 37.1 Å². The van der Waals surface area contributed by atoms with Crippen molar-refractivity contribution >= 4 is 22.8 Å². The Balaban J connectivity index is 0.958. The smallest absolute Gasteiger partial charge is 0.336 e. The monoisotopic (exact) mass is 666 g/mol. The molecule has 4 aliphatic rings. The molecule has 7 rings (SSSR count). The minimum absolute atomic E-state index is 0.0241. The number of allylic oxidation sites excluding steroid dienone is 2. The Morgan fingerprint density at radius 2 is 1.67 bits per heavy atom. The van der Waals surface area contributed by atoms with E-state index in [-0.39, 0.29) is 34.3 Å². The average molecular weight is 667 g/mol. The Kier molecular flexibility index (Phi) is 9.03. The summed E-state index contributed by atoms with van der Waals surface area (Å²) in [5.74, 6) is 2.16. The van der Waals surface area contributed by atoms with E-state index in [0.29, 0.717) is 36.6 Å². The molecule has 0 bridgehead atoms. The molecule has 3 aromatic rings. The number of fused-ring (bicyclic) bond motifs is 3. The van der Waals surface area contributed by atoms with Crippen molar-refractivity contribution in [2.75, 3.05) is 13.2 Å². The lowest BCUT2D eigenvalue weighted by molar-refractivity contribution is -0.0597. The van der Waals surface area contributed by atoms with Crippen molar-refractivity contribution in [2.45, 2.75) is 103 Å². The van der Waals surface area contributed by atoms with Crippen LogP contribution in [-0.2, 0) is 14.2 Å². The molecule has 5 atom stereocenters. The Bertz CT molecular complexity index is 1970. The van der Waals surface area contributed by atoms with Crippen LogP contribution in [0.15, 0.2) is 91.7 Å². The molecule has 2 aliphatic heterocycles. The van der Waals surface area contributed by atoms with Gasteiger partial charge in [0.15, 0.2) is 0 Å². The fourth-order valence-electron chi connectivity index (χ4n) is 8.08. The van der Waals surface area contributed by atoms with Crippen LogP contribution in [0.2, 0.25) is 0 Å². The second-order valence-electron chi connectivity index (χ2n) is 15.8. The largest absolute Gasteiger partial charge is 0.492 e. The first-order valence-electron chi connectivity index (χ1n) is 17.9. The molecular weight excluding hydrogens is 616 g/mol. The molecule has 2 fully saturated rings. The van der Waals surface area contributed by atoms with Gasteiger partial charge in [0.25, 0.3) is 0 Å². The van der Waals surface area contributed by atoms with Crippen LogP contribution in [0.25, 0.3) is 22.8 Å². The van der Waals surface area contributed by atoms with E-state index in [1.54, 1.807) is 18.4 Å². The van der Waals surface area contributed by atoms with Crippen molar-refractivity contribution < 1.29 is 27.8 Å². The minimum Gasteiger partial charge on any atom is -0.492 e. The molecule has 49 heavy (non-hydrogen) atoms. The first-order chi connectivity index (χ1) is 23.4. The maximum absolute atomic E-state index is 11.6. The molecule has 4 heterocycles. The van der Waals surface area contributed by atoms with Gasteiger partial charge in [-0.15, -0.1) is 0 Å². The van der Waals surface area contributed by atoms with Crippen LogP contribution in [0.4, 0.5) is 0 Å². The molecule has 5 unspecified atom stereocenters. The number of epoxide rings is 1. The maximum atomic E-state index is 11.6. The molecule has 2 aromatic heterocycles. The third-order valence-corrected chi connectivity index (χ3v) is 11.2. The van der Waals surface area contributed by atoms with Crippen LogP contribution in [-0.4, -0.2) is 36.6 Å². The first-order valence-corrected chi connectivity index (χ1v) is 17.9. The van der Waals surface area contributed by atoms with Gasteiger partial charge in [-0.2, -0.15) is 0 Å². The highest BCUT2D eigenvalue weighted by Crippen LogP contribution is 2.55. The number of hydrogen-bond acceptors (Lipinski definition) is 7. The highest BCUT2D eigenvalue weighted by atomic mass is 16.6. The molecule has 260 valence electrons. The van der Waals surface area contributed by atoms with Gasteiger partial charge in [-0.3, -0.25) is 0 Å². The Morgan fingerprint density at radius 1 is 0.939 bits per heavy atom. The summed E-state index contributed by atoms with van der Waals surface area (Å²) in [6, 6.07) is 10.8. The van der Waals surface area contributed by atoms with E-state index in [1.807, 2.05) is 18.2 Å². The second kappa shape index (κ2) is 13.1. The van der Waals surface area contributed by atoms with Gasteiger partial charge < -0.3 is 27.8 Å². The summed E-state index contributed by atoms with van der Waals surface area (Å²) >= 11 is 0. The highest BCUT2D eigenvalue weighted by molar-refractivity contribution is 5.77. The van der Waals surface area contributed by atoms with Crippen LogP contribution in [0.3, 0.4) is 0 Å². The van der Waals surface area contributed by atoms with Crippen molar-refractivity contribution in [1.29, 1.82) is 0 Å². The standard InChI is InChI=1S/C42H50O7/c1-27(16-20-44-31-12-9-29-10-14-38(43)47-34(29)23-31)7-11-30-25-42(26-40(30,3)4)19-15-32-36(48-42)24-35-33(18-22-45-35)39(32)46-21-17-28(2)8-13-37-41(5,6)49-37/h9-10,12,14-19,22-24,30,32,36-37H,7-8,11,13,20-21,25-26H2,1-6H3/b27-16+,28-17+. The molecule has 0 N–H and O–H groups in total. The molecular formula is C42H50O7. The molecule has 7 heteroatoms. The highest BCUT2D eigenvalue weighted by Gasteiger charge is 2.52. The molecule has 7 nitrogen and oxygen atoms in total. The third-order valence-electron chi connectivity index (χ3n) is 11.2. The summed E-state index contributed by atoms with van der Waals surface area (Å²) in [6.07, 6.45) is 19.3. The predicted molar refractivity (Wildman–Crippen MR) is 191 cm³/mol. The van der Waals surface area contributed by atoms with Gasteiger partial charge >= 0.3 is 5.63 Å². The number of ether oxygens (including phenoxy) is 4. The fourth-order valence-corrected chi connectivity index (χ4v) is 8.08. The number of furan rings is 1. The molecule has 1 saturated heterocycles. The van der Waals surface area contributed by atoms with Crippen LogP contribution in [0.5, 0.6) is 5.75 Å². The van der Waals surface area contributed by atoms with Gasteiger partial charge in [0.1, 0.15) is 35.7 Å². The van der Waals surface area contributed by atoms with Gasteiger partial charge in [0, 0.05) is 17.5 Å². The van der Waals surface area contributed by atoms with Crippen molar-refractivity contribution in [3.8, 4) is 5.75 Å². The lowest BCUT2D eigenvalue weighted by Gasteiger charge is -2.39. The lowest BCUT2D eigenvalue weighted by atomic mass is 9.78. The Labute approximate surface area is 288 Å². The fraction of sp³-hybridized carbons (Fsp3) is 0.500. The second-order valence-corrected chi connectivity index (χ2v) is 15.8. The Hall–Kier alpha value is -3.81. The molecule has 1 aromatic carbocycles. The van der Waals surface area contributed by atoms with Crippen molar-refractivity contribution in [3.63, 3.8) is 0 Å². The zero-order valence-electron chi connectivity index (χ0n) is 29.8. The predicted octanol–water partition coefficient (Wildman–Crippen LogP) is 7.76. The number of benzene rings is 1. The van der Waals surface area contributed by atoms with Gasteiger partial charge in [0.2, 0.25) is 0 Å². The topological polar surface area (TPSA) is 83.6 Å².